The third-order valence-electron chi connectivity index (χ3n) is 3.27. The maximum Gasteiger partial charge on any atom is 0.243 e. The summed E-state index contributed by atoms with van der Waals surface area (Å²) in [6.45, 7) is 1.99. The van der Waals surface area contributed by atoms with Crippen LogP contribution in [0.1, 0.15) is 6.42 Å². The van der Waals surface area contributed by atoms with Crippen LogP contribution in [0.5, 0.6) is 0 Å². The first-order chi connectivity index (χ1) is 8.95. The molecule has 0 aromatic heterocycles. The van der Waals surface area contributed by atoms with Crippen molar-refractivity contribution < 1.29 is 8.42 Å². The Kier molecular flexibility index (Phi) is 4.89. The Bertz CT molecular complexity index is 565. The van der Waals surface area contributed by atoms with E-state index in [9.17, 15) is 8.42 Å². The van der Waals surface area contributed by atoms with Gasteiger partial charge in [0.05, 0.1) is 9.92 Å². The molecule has 1 aromatic rings. The van der Waals surface area contributed by atoms with E-state index in [2.05, 4.69) is 21.2 Å². The number of sulfonamides is 1. The lowest BCUT2D eigenvalue weighted by atomic mass is 10.1. The minimum atomic E-state index is -3.41. The minimum absolute atomic E-state index is 0.286. The number of hydrogen-bond acceptors (Lipinski definition) is 3. The molecule has 0 radical (unpaired) electrons. The van der Waals surface area contributed by atoms with E-state index < -0.39 is 10.0 Å². The lowest BCUT2D eigenvalue weighted by molar-refractivity contribution is 0.451. The third kappa shape index (κ3) is 3.31. The molecule has 7 heteroatoms. The summed E-state index contributed by atoms with van der Waals surface area (Å²) in [7, 11) is -1.53. The highest BCUT2D eigenvalue weighted by Gasteiger charge is 2.32. The van der Waals surface area contributed by atoms with Gasteiger partial charge < -0.3 is 5.32 Å². The molecule has 106 valence electrons. The molecule has 0 spiro atoms. The predicted molar refractivity (Wildman–Crippen MR) is 79.9 cm³/mol. The lowest BCUT2D eigenvalue weighted by Gasteiger charge is -2.17. The highest BCUT2D eigenvalue weighted by atomic mass is 79.9. The van der Waals surface area contributed by atoms with E-state index in [4.69, 9.17) is 11.6 Å². The summed E-state index contributed by atoms with van der Waals surface area (Å²) < 4.78 is 27.1. The first kappa shape index (κ1) is 15.3. The van der Waals surface area contributed by atoms with Crippen molar-refractivity contribution in [1.29, 1.82) is 0 Å². The van der Waals surface area contributed by atoms with Gasteiger partial charge in [0.2, 0.25) is 10.0 Å². The zero-order chi connectivity index (χ0) is 14.0. The molecule has 0 saturated carbocycles. The minimum Gasteiger partial charge on any atom is -0.319 e. The Morgan fingerprint density at radius 2 is 2.26 bits per heavy atom. The number of halogens is 2. The van der Waals surface area contributed by atoms with Crippen molar-refractivity contribution >= 4 is 37.6 Å². The van der Waals surface area contributed by atoms with Crippen LogP contribution in [0.3, 0.4) is 0 Å². The Morgan fingerprint density at radius 3 is 2.89 bits per heavy atom. The molecule has 4 nitrogen and oxygen atoms in total. The van der Waals surface area contributed by atoms with Gasteiger partial charge in [0.15, 0.2) is 0 Å². The van der Waals surface area contributed by atoms with Gasteiger partial charge in [0.1, 0.15) is 0 Å². The summed E-state index contributed by atoms with van der Waals surface area (Å²) in [6, 6.07) is 4.70. The van der Waals surface area contributed by atoms with E-state index in [1.165, 1.54) is 0 Å². The summed E-state index contributed by atoms with van der Waals surface area (Å²) in [5, 5.41) is 3.60. The first-order valence-electron chi connectivity index (χ1n) is 6.05. The molecule has 1 heterocycles. The van der Waals surface area contributed by atoms with Gasteiger partial charge in [-0.15, -0.1) is 0 Å². The molecule has 0 bridgehead atoms. The van der Waals surface area contributed by atoms with Crippen molar-refractivity contribution in [3.63, 3.8) is 0 Å². The Labute approximate surface area is 127 Å². The average molecular weight is 368 g/mol. The second kappa shape index (κ2) is 6.10. The molecule has 1 atom stereocenters. The number of benzene rings is 1. The summed E-state index contributed by atoms with van der Waals surface area (Å²) in [5.74, 6) is 0.385. The van der Waals surface area contributed by atoms with Crippen LogP contribution in [0.15, 0.2) is 27.6 Å². The Morgan fingerprint density at radius 1 is 1.53 bits per heavy atom. The third-order valence-corrected chi connectivity index (χ3v) is 6.35. The van der Waals surface area contributed by atoms with Gasteiger partial charge in [0.25, 0.3) is 0 Å². The van der Waals surface area contributed by atoms with Crippen LogP contribution >= 0.6 is 27.5 Å². The van der Waals surface area contributed by atoms with Crippen molar-refractivity contribution in [2.24, 2.45) is 5.92 Å². The molecule has 19 heavy (non-hydrogen) atoms. The molecule has 1 fully saturated rings. The molecule has 1 aliphatic rings. The van der Waals surface area contributed by atoms with Crippen LogP contribution in [0.2, 0.25) is 5.02 Å². The van der Waals surface area contributed by atoms with Crippen molar-refractivity contribution in [2.75, 3.05) is 26.7 Å². The van der Waals surface area contributed by atoms with Crippen LogP contribution in [-0.2, 0) is 10.0 Å². The number of nitrogens with zero attached hydrogens (tertiary/aromatic N) is 1. The van der Waals surface area contributed by atoms with Gasteiger partial charge >= 0.3 is 0 Å². The van der Waals surface area contributed by atoms with E-state index in [0.29, 0.717) is 28.5 Å². The molecule has 1 saturated heterocycles. The van der Waals surface area contributed by atoms with Crippen LogP contribution < -0.4 is 5.32 Å². The second-order valence-corrected chi connectivity index (χ2v) is 7.85. The summed E-state index contributed by atoms with van der Waals surface area (Å²) in [5.41, 5.74) is 0. The van der Waals surface area contributed by atoms with Crippen LogP contribution in [0.4, 0.5) is 0 Å². The Balaban J connectivity index is 2.21. The molecular formula is C12H16BrClN2O2S. The molecule has 1 N–H and O–H groups in total. The topological polar surface area (TPSA) is 49.4 Å². The zero-order valence-electron chi connectivity index (χ0n) is 10.6. The average Bonchev–Trinajstić information content (AvgIpc) is 2.82. The van der Waals surface area contributed by atoms with Crippen LogP contribution in [-0.4, -0.2) is 39.4 Å². The van der Waals surface area contributed by atoms with Gasteiger partial charge in [-0.2, -0.15) is 4.31 Å². The smallest absolute Gasteiger partial charge is 0.243 e. The highest BCUT2D eigenvalue weighted by Crippen LogP contribution is 2.29. The monoisotopic (exact) mass is 366 g/mol. The molecule has 0 aliphatic carbocycles. The van der Waals surface area contributed by atoms with Gasteiger partial charge in [-0.1, -0.05) is 11.6 Å². The SMILES string of the molecule is CNCC1CCN(S(=O)(=O)c2ccc(Cl)c(Br)c2)C1. The fraction of sp³-hybridized carbons (Fsp3) is 0.500. The van der Waals surface area contributed by atoms with Crippen molar-refractivity contribution in [2.45, 2.75) is 11.3 Å². The van der Waals surface area contributed by atoms with E-state index >= 15 is 0 Å². The van der Waals surface area contributed by atoms with E-state index in [0.717, 1.165) is 13.0 Å². The summed E-state index contributed by atoms with van der Waals surface area (Å²) >= 11 is 9.15. The predicted octanol–water partition coefficient (Wildman–Crippen LogP) is 2.33. The van der Waals surface area contributed by atoms with E-state index in [1.807, 2.05) is 7.05 Å². The number of hydrogen-bond donors (Lipinski definition) is 1. The van der Waals surface area contributed by atoms with Crippen molar-refractivity contribution in [1.82, 2.24) is 9.62 Å². The second-order valence-electron chi connectivity index (χ2n) is 4.65. The van der Waals surface area contributed by atoms with Gasteiger partial charge in [-0.25, -0.2) is 8.42 Å². The van der Waals surface area contributed by atoms with E-state index in [-0.39, 0.29) is 4.90 Å². The fourth-order valence-corrected chi connectivity index (χ4v) is 4.46. The fourth-order valence-electron chi connectivity index (χ4n) is 2.26. The van der Waals surface area contributed by atoms with Gasteiger partial charge in [-0.05, 0) is 60.1 Å². The standard InChI is InChI=1S/C12H16BrClN2O2S/c1-15-7-9-4-5-16(8-9)19(17,18)10-2-3-12(14)11(13)6-10/h2-3,6,9,15H,4-5,7-8H2,1H3. The lowest BCUT2D eigenvalue weighted by Crippen LogP contribution is -2.30. The molecular weight excluding hydrogens is 352 g/mol. The largest absolute Gasteiger partial charge is 0.319 e. The summed E-state index contributed by atoms with van der Waals surface area (Å²) in [4.78, 5) is 0.286. The molecule has 0 amide bonds. The van der Waals surface area contributed by atoms with Crippen LogP contribution in [0.25, 0.3) is 0 Å². The quantitative estimate of drug-likeness (QED) is 0.888. The molecule has 1 aliphatic heterocycles. The first-order valence-corrected chi connectivity index (χ1v) is 8.66. The zero-order valence-corrected chi connectivity index (χ0v) is 13.7. The Hall–Kier alpha value is -0.140. The summed E-state index contributed by atoms with van der Waals surface area (Å²) in [6.07, 6.45) is 0.898. The normalized spacial score (nSPS) is 20.9. The maximum atomic E-state index is 12.5. The molecule has 2 rings (SSSR count). The number of rotatable bonds is 4. The van der Waals surface area contributed by atoms with Crippen LogP contribution in [0, 0.1) is 5.92 Å². The maximum absolute atomic E-state index is 12.5. The molecule has 1 unspecified atom stereocenters. The van der Waals surface area contributed by atoms with Crippen molar-refractivity contribution in [3.8, 4) is 0 Å². The number of nitrogens with one attached hydrogen (secondary N) is 1. The van der Waals surface area contributed by atoms with Gasteiger partial charge in [-0.3, -0.25) is 0 Å². The highest BCUT2D eigenvalue weighted by molar-refractivity contribution is 9.10. The van der Waals surface area contributed by atoms with Crippen molar-refractivity contribution in [3.05, 3.63) is 27.7 Å². The molecule has 1 aromatic carbocycles. The van der Waals surface area contributed by atoms with Gasteiger partial charge in [0, 0.05) is 17.6 Å². The van der Waals surface area contributed by atoms with E-state index in [1.54, 1.807) is 22.5 Å².